The molecule has 0 heterocycles. The predicted molar refractivity (Wildman–Crippen MR) is 121 cm³/mol. The first kappa shape index (κ1) is 22.4. The normalized spacial score (nSPS) is 12.5. The van der Waals surface area contributed by atoms with Gasteiger partial charge in [-0.1, -0.05) is 42.5 Å². The number of likely N-dealkylation sites (N-methyl/N-ethyl adjacent to an activating group) is 1. The van der Waals surface area contributed by atoms with Gasteiger partial charge >= 0.3 is 0 Å². The van der Waals surface area contributed by atoms with Gasteiger partial charge in [-0.2, -0.15) is 0 Å². The van der Waals surface area contributed by atoms with E-state index in [2.05, 4.69) is 64.2 Å². The lowest BCUT2D eigenvalue weighted by Gasteiger charge is -2.25. The molecule has 1 unspecified atom stereocenters. The molecule has 0 fully saturated rings. The van der Waals surface area contributed by atoms with Gasteiger partial charge in [-0.25, -0.2) is 0 Å². The summed E-state index contributed by atoms with van der Waals surface area (Å²) in [5, 5.41) is 9.45. The fourth-order valence-electron chi connectivity index (χ4n) is 3.10. The summed E-state index contributed by atoms with van der Waals surface area (Å²) >= 11 is 0. The molecular formula is C23H33N5O. The van der Waals surface area contributed by atoms with Crippen LogP contribution in [0.1, 0.15) is 21.5 Å². The van der Waals surface area contributed by atoms with E-state index in [1.165, 1.54) is 5.56 Å². The summed E-state index contributed by atoms with van der Waals surface area (Å²) in [6.45, 7) is 1.54. The Bertz CT molecular complexity index is 789. The second-order valence-corrected chi connectivity index (χ2v) is 7.22. The predicted octanol–water partition coefficient (Wildman–Crippen LogP) is 1.93. The van der Waals surface area contributed by atoms with E-state index in [1.807, 2.05) is 30.3 Å². The molecule has 29 heavy (non-hydrogen) atoms. The van der Waals surface area contributed by atoms with Crippen molar-refractivity contribution in [2.75, 3.05) is 41.3 Å². The lowest BCUT2D eigenvalue weighted by molar-refractivity contribution is 0.0963. The molecule has 0 aliphatic heterocycles. The third-order valence-electron chi connectivity index (χ3n) is 4.90. The molecule has 0 bridgehead atoms. The monoisotopic (exact) mass is 395 g/mol. The number of carbonyl (C=O) groups excluding carboxylic acids is 1. The molecule has 0 spiro atoms. The smallest absolute Gasteiger partial charge is 0.251 e. The second kappa shape index (κ2) is 11.9. The molecule has 3 N–H and O–H groups in total. The van der Waals surface area contributed by atoms with Gasteiger partial charge in [-0.15, -0.1) is 0 Å². The van der Waals surface area contributed by atoms with Crippen molar-refractivity contribution in [3.63, 3.8) is 0 Å². The summed E-state index contributed by atoms with van der Waals surface area (Å²) in [7, 11) is 7.63. The Labute approximate surface area is 174 Å². The minimum absolute atomic E-state index is 0.0644. The van der Waals surface area contributed by atoms with E-state index in [0.717, 1.165) is 37.5 Å². The van der Waals surface area contributed by atoms with Gasteiger partial charge in [0.1, 0.15) is 0 Å². The number of nitrogens with one attached hydrogen (secondary N) is 3. The molecule has 2 aromatic rings. The van der Waals surface area contributed by atoms with E-state index in [0.29, 0.717) is 11.6 Å². The summed E-state index contributed by atoms with van der Waals surface area (Å²) in [6.07, 6.45) is 1.79. The maximum Gasteiger partial charge on any atom is 0.251 e. The Kier molecular flexibility index (Phi) is 9.18. The van der Waals surface area contributed by atoms with Crippen LogP contribution in [0, 0.1) is 0 Å². The number of hydrogen-bond acceptors (Lipinski definition) is 3. The minimum atomic E-state index is -0.0644. The summed E-state index contributed by atoms with van der Waals surface area (Å²) in [4.78, 5) is 18.3. The van der Waals surface area contributed by atoms with Gasteiger partial charge in [0.15, 0.2) is 5.96 Å². The number of benzene rings is 2. The number of aliphatic imine (C=N–C) groups is 1. The quantitative estimate of drug-likeness (QED) is 0.448. The van der Waals surface area contributed by atoms with Crippen molar-refractivity contribution in [3.8, 4) is 0 Å². The molecule has 6 nitrogen and oxygen atoms in total. The summed E-state index contributed by atoms with van der Waals surface area (Å²) in [6, 6.07) is 18.6. The molecule has 0 aromatic heterocycles. The number of guanidine groups is 1. The molecule has 0 saturated heterocycles. The third kappa shape index (κ3) is 7.58. The van der Waals surface area contributed by atoms with E-state index >= 15 is 0 Å². The van der Waals surface area contributed by atoms with Gasteiger partial charge in [0, 0.05) is 38.8 Å². The van der Waals surface area contributed by atoms with Crippen molar-refractivity contribution in [1.82, 2.24) is 20.9 Å². The van der Waals surface area contributed by atoms with Crippen LogP contribution in [-0.2, 0) is 12.8 Å². The van der Waals surface area contributed by atoms with Crippen molar-refractivity contribution >= 4 is 11.9 Å². The molecule has 2 rings (SSSR count). The number of carbonyl (C=O) groups is 1. The highest BCUT2D eigenvalue weighted by atomic mass is 16.1. The first-order valence-corrected chi connectivity index (χ1v) is 9.99. The van der Waals surface area contributed by atoms with Gasteiger partial charge in [-0.05, 0) is 50.2 Å². The Morgan fingerprint density at radius 3 is 2.41 bits per heavy atom. The Morgan fingerprint density at radius 1 is 1.03 bits per heavy atom. The van der Waals surface area contributed by atoms with Crippen molar-refractivity contribution in [3.05, 3.63) is 71.3 Å². The second-order valence-electron chi connectivity index (χ2n) is 7.22. The van der Waals surface area contributed by atoms with E-state index in [4.69, 9.17) is 0 Å². The van der Waals surface area contributed by atoms with Crippen LogP contribution in [0.5, 0.6) is 0 Å². The number of amides is 1. The fourth-order valence-corrected chi connectivity index (χ4v) is 3.10. The minimum Gasteiger partial charge on any atom is -0.356 e. The first-order chi connectivity index (χ1) is 14.0. The van der Waals surface area contributed by atoms with Crippen molar-refractivity contribution in [2.45, 2.75) is 18.9 Å². The highest BCUT2D eigenvalue weighted by Crippen LogP contribution is 2.07. The van der Waals surface area contributed by atoms with Crippen LogP contribution in [0.25, 0.3) is 0 Å². The molecule has 1 amide bonds. The molecule has 0 aliphatic rings. The molecule has 1 atom stereocenters. The summed E-state index contributed by atoms with van der Waals surface area (Å²) in [5.41, 5.74) is 3.12. The molecule has 2 aromatic carbocycles. The SMILES string of the molecule is CN=C(NCCc1cccc(C(=O)NC)c1)NCC(Cc1ccccc1)N(C)C. The molecule has 0 radical (unpaired) electrons. The maximum atomic E-state index is 11.8. The summed E-state index contributed by atoms with van der Waals surface area (Å²) in [5.74, 6) is 0.720. The first-order valence-electron chi connectivity index (χ1n) is 9.99. The molecule has 6 heteroatoms. The van der Waals surface area contributed by atoms with E-state index in [1.54, 1.807) is 14.1 Å². The van der Waals surface area contributed by atoms with E-state index in [-0.39, 0.29) is 5.91 Å². The average molecular weight is 396 g/mol. The van der Waals surface area contributed by atoms with Crippen molar-refractivity contribution in [1.29, 1.82) is 0 Å². The summed E-state index contributed by atoms with van der Waals surface area (Å²) < 4.78 is 0. The van der Waals surface area contributed by atoms with E-state index in [9.17, 15) is 4.79 Å². The van der Waals surface area contributed by atoms with Crippen LogP contribution in [0.15, 0.2) is 59.6 Å². The Balaban J connectivity index is 1.83. The lowest BCUT2D eigenvalue weighted by atomic mass is 10.1. The van der Waals surface area contributed by atoms with Gasteiger partial charge in [0.2, 0.25) is 0 Å². The third-order valence-corrected chi connectivity index (χ3v) is 4.90. The van der Waals surface area contributed by atoms with E-state index < -0.39 is 0 Å². The largest absolute Gasteiger partial charge is 0.356 e. The van der Waals surface area contributed by atoms with Gasteiger partial charge in [0.05, 0.1) is 0 Å². The topological polar surface area (TPSA) is 68.8 Å². The maximum absolute atomic E-state index is 11.8. The van der Waals surface area contributed by atoms with Crippen LogP contribution in [0.2, 0.25) is 0 Å². The highest BCUT2D eigenvalue weighted by Gasteiger charge is 2.13. The van der Waals surface area contributed by atoms with Gasteiger partial charge < -0.3 is 20.9 Å². The number of nitrogens with zero attached hydrogens (tertiary/aromatic N) is 2. The Morgan fingerprint density at radius 2 is 1.76 bits per heavy atom. The van der Waals surface area contributed by atoms with Crippen LogP contribution in [0.3, 0.4) is 0 Å². The number of rotatable bonds is 9. The number of hydrogen-bond donors (Lipinski definition) is 3. The van der Waals surface area contributed by atoms with Crippen molar-refractivity contribution < 1.29 is 4.79 Å². The van der Waals surface area contributed by atoms with Gasteiger partial charge in [0.25, 0.3) is 5.91 Å². The van der Waals surface area contributed by atoms with Crippen molar-refractivity contribution in [2.24, 2.45) is 4.99 Å². The fraction of sp³-hybridized carbons (Fsp3) is 0.391. The zero-order chi connectivity index (χ0) is 21.1. The highest BCUT2D eigenvalue weighted by molar-refractivity contribution is 5.94. The lowest BCUT2D eigenvalue weighted by Crippen LogP contribution is -2.46. The molecular weight excluding hydrogens is 362 g/mol. The van der Waals surface area contributed by atoms with Crippen LogP contribution < -0.4 is 16.0 Å². The zero-order valence-electron chi connectivity index (χ0n) is 17.9. The average Bonchev–Trinajstić information content (AvgIpc) is 2.75. The molecule has 0 saturated carbocycles. The molecule has 0 aliphatic carbocycles. The van der Waals surface area contributed by atoms with Crippen LogP contribution in [0.4, 0.5) is 0 Å². The molecule has 156 valence electrons. The van der Waals surface area contributed by atoms with Crippen LogP contribution in [-0.4, -0.2) is 64.1 Å². The van der Waals surface area contributed by atoms with Gasteiger partial charge in [-0.3, -0.25) is 9.79 Å². The Hall–Kier alpha value is -2.86. The van der Waals surface area contributed by atoms with Crippen LogP contribution >= 0.6 is 0 Å². The zero-order valence-corrected chi connectivity index (χ0v) is 17.9. The standard InChI is InChI=1S/C23H33N5O/c1-24-22(29)20-12-8-11-19(15-20)13-14-26-23(25-2)27-17-21(28(3)4)16-18-9-6-5-7-10-18/h5-12,15,21H,13-14,16-17H2,1-4H3,(H,24,29)(H2,25,26,27).